The second-order valence-corrected chi connectivity index (χ2v) is 3.71. The van der Waals surface area contributed by atoms with E-state index in [-0.39, 0.29) is 5.91 Å². The van der Waals surface area contributed by atoms with Crippen molar-refractivity contribution in [2.45, 2.75) is 38.3 Å². The third-order valence-electron chi connectivity index (χ3n) is 2.69. The van der Waals surface area contributed by atoms with Crippen molar-refractivity contribution < 1.29 is 19.4 Å². The molecule has 1 heterocycles. The highest BCUT2D eigenvalue weighted by Crippen LogP contribution is 2.16. The minimum atomic E-state index is -0.966. The summed E-state index contributed by atoms with van der Waals surface area (Å²) >= 11 is 0. The second-order valence-electron chi connectivity index (χ2n) is 3.71. The summed E-state index contributed by atoms with van der Waals surface area (Å²) in [6, 6.07) is -0.748. The number of ether oxygens (including phenoxy) is 1. The fraction of sp³-hybridized carbons (Fsp3) is 0.800. The van der Waals surface area contributed by atoms with Crippen LogP contribution in [-0.4, -0.2) is 47.7 Å². The molecule has 0 saturated carbocycles. The molecule has 1 aliphatic rings. The molecule has 5 heteroatoms. The predicted molar refractivity (Wildman–Crippen MR) is 53.5 cm³/mol. The van der Waals surface area contributed by atoms with E-state index in [4.69, 9.17) is 9.84 Å². The predicted octanol–water partition coefficient (Wildman–Crippen LogP) is 0.487. The zero-order valence-electron chi connectivity index (χ0n) is 9.10. The van der Waals surface area contributed by atoms with E-state index in [1.807, 2.05) is 0 Å². The molecule has 0 spiro atoms. The Morgan fingerprint density at radius 3 is 2.67 bits per heavy atom. The third kappa shape index (κ3) is 2.68. The Morgan fingerprint density at radius 1 is 1.60 bits per heavy atom. The molecule has 15 heavy (non-hydrogen) atoms. The quantitative estimate of drug-likeness (QED) is 0.741. The maximum Gasteiger partial charge on any atom is 0.326 e. The Bertz CT molecular complexity index is 248. The lowest BCUT2D eigenvalue weighted by Crippen LogP contribution is -2.46. The van der Waals surface area contributed by atoms with Crippen molar-refractivity contribution in [2.75, 3.05) is 13.7 Å². The Morgan fingerprint density at radius 2 is 2.27 bits per heavy atom. The number of aliphatic carboxylic acids is 1. The first-order valence-electron chi connectivity index (χ1n) is 5.19. The van der Waals surface area contributed by atoms with Crippen LogP contribution in [0.5, 0.6) is 0 Å². The number of amides is 1. The van der Waals surface area contributed by atoms with Crippen LogP contribution in [0.3, 0.4) is 0 Å². The highest BCUT2D eigenvalue weighted by atomic mass is 16.5. The highest BCUT2D eigenvalue weighted by molar-refractivity contribution is 5.86. The SMILES string of the molecule is CCC(C(=O)O)N(C)C(=O)[C@@H]1CCCO1. The lowest BCUT2D eigenvalue weighted by Gasteiger charge is -2.25. The van der Waals surface area contributed by atoms with Gasteiger partial charge in [-0.05, 0) is 19.3 Å². The molecule has 5 nitrogen and oxygen atoms in total. The average molecular weight is 215 g/mol. The zero-order valence-corrected chi connectivity index (χ0v) is 9.10. The van der Waals surface area contributed by atoms with Crippen LogP contribution >= 0.6 is 0 Å². The lowest BCUT2D eigenvalue weighted by atomic mass is 10.1. The van der Waals surface area contributed by atoms with Gasteiger partial charge in [0.2, 0.25) is 0 Å². The molecule has 0 aromatic rings. The van der Waals surface area contributed by atoms with Gasteiger partial charge in [0, 0.05) is 13.7 Å². The van der Waals surface area contributed by atoms with Gasteiger partial charge in [-0.25, -0.2) is 4.79 Å². The first-order valence-corrected chi connectivity index (χ1v) is 5.19. The smallest absolute Gasteiger partial charge is 0.326 e. The standard InChI is InChI=1S/C10H17NO4/c1-3-7(10(13)14)11(2)9(12)8-5-4-6-15-8/h7-8H,3-6H2,1-2H3,(H,13,14)/t7?,8-/m0/s1. The highest BCUT2D eigenvalue weighted by Gasteiger charge is 2.32. The van der Waals surface area contributed by atoms with Crippen LogP contribution in [-0.2, 0) is 14.3 Å². The van der Waals surface area contributed by atoms with Gasteiger partial charge in [-0.1, -0.05) is 6.92 Å². The monoisotopic (exact) mass is 215 g/mol. The molecule has 1 fully saturated rings. The molecule has 1 aliphatic heterocycles. The minimum Gasteiger partial charge on any atom is -0.480 e. The zero-order chi connectivity index (χ0) is 11.4. The van der Waals surface area contributed by atoms with Crippen LogP contribution in [0, 0.1) is 0 Å². The van der Waals surface area contributed by atoms with Gasteiger partial charge in [-0.15, -0.1) is 0 Å². The van der Waals surface area contributed by atoms with Gasteiger partial charge in [0.05, 0.1) is 0 Å². The topological polar surface area (TPSA) is 66.8 Å². The van der Waals surface area contributed by atoms with Crippen molar-refractivity contribution in [2.24, 2.45) is 0 Å². The van der Waals surface area contributed by atoms with E-state index in [2.05, 4.69) is 0 Å². The number of carboxylic acid groups (broad SMARTS) is 1. The second kappa shape index (κ2) is 5.11. The molecular weight excluding hydrogens is 198 g/mol. The third-order valence-corrected chi connectivity index (χ3v) is 2.69. The van der Waals surface area contributed by atoms with Crippen LogP contribution in [0.15, 0.2) is 0 Å². The van der Waals surface area contributed by atoms with Gasteiger partial charge in [-0.3, -0.25) is 4.79 Å². The van der Waals surface area contributed by atoms with E-state index in [1.54, 1.807) is 6.92 Å². The largest absolute Gasteiger partial charge is 0.480 e. The van der Waals surface area contributed by atoms with Gasteiger partial charge in [0.25, 0.3) is 5.91 Å². The molecular formula is C10H17NO4. The maximum absolute atomic E-state index is 11.8. The number of carbonyl (C=O) groups is 2. The van der Waals surface area contributed by atoms with Crippen LogP contribution in [0.25, 0.3) is 0 Å². The molecule has 1 rings (SSSR count). The summed E-state index contributed by atoms with van der Waals surface area (Å²) < 4.78 is 5.23. The van der Waals surface area contributed by atoms with Gasteiger partial charge in [0.1, 0.15) is 12.1 Å². The number of hydrogen-bond acceptors (Lipinski definition) is 3. The molecule has 1 N–H and O–H groups in total. The first-order chi connectivity index (χ1) is 7.07. The maximum atomic E-state index is 11.8. The average Bonchev–Trinajstić information content (AvgIpc) is 2.69. The number of carbonyl (C=O) groups excluding carboxylic acids is 1. The first kappa shape index (κ1) is 12.0. The van der Waals surface area contributed by atoms with Gasteiger partial charge >= 0.3 is 5.97 Å². The summed E-state index contributed by atoms with van der Waals surface area (Å²) in [5.41, 5.74) is 0. The normalized spacial score (nSPS) is 22.4. The van der Waals surface area contributed by atoms with Crippen molar-refractivity contribution in [1.82, 2.24) is 4.90 Å². The molecule has 0 aromatic heterocycles. The lowest BCUT2D eigenvalue weighted by molar-refractivity contribution is -0.153. The van der Waals surface area contributed by atoms with Crippen LogP contribution in [0.1, 0.15) is 26.2 Å². The Hall–Kier alpha value is -1.10. The Balaban J connectivity index is 2.60. The van der Waals surface area contributed by atoms with Crippen molar-refractivity contribution in [3.05, 3.63) is 0 Å². The van der Waals surface area contributed by atoms with E-state index < -0.39 is 18.1 Å². The summed E-state index contributed by atoms with van der Waals surface area (Å²) in [6.07, 6.45) is 1.53. The summed E-state index contributed by atoms with van der Waals surface area (Å²) in [5, 5.41) is 8.90. The fourth-order valence-electron chi connectivity index (χ4n) is 1.77. The molecule has 0 bridgehead atoms. The van der Waals surface area contributed by atoms with Crippen molar-refractivity contribution >= 4 is 11.9 Å². The molecule has 2 atom stereocenters. The number of carboxylic acids is 1. The van der Waals surface area contributed by atoms with E-state index in [9.17, 15) is 9.59 Å². The summed E-state index contributed by atoms with van der Waals surface area (Å²) in [5.74, 6) is -1.19. The minimum absolute atomic E-state index is 0.221. The molecule has 1 unspecified atom stereocenters. The summed E-state index contributed by atoms with van der Waals surface area (Å²) in [7, 11) is 1.52. The molecule has 1 amide bonds. The van der Waals surface area contributed by atoms with Crippen molar-refractivity contribution in [1.29, 1.82) is 0 Å². The van der Waals surface area contributed by atoms with Gasteiger partial charge in [-0.2, -0.15) is 0 Å². The fourth-order valence-corrected chi connectivity index (χ4v) is 1.77. The van der Waals surface area contributed by atoms with Gasteiger partial charge < -0.3 is 14.7 Å². The number of nitrogens with zero attached hydrogens (tertiary/aromatic N) is 1. The van der Waals surface area contributed by atoms with Crippen LogP contribution in [0.4, 0.5) is 0 Å². The molecule has 0 aliphatic carbocycles. The molecule has 0 radical (unpaired) electrons. The van der Waals surface area contributed by atoms with Crippen molar-refractivity contribution in [3.8, 4) is 0 Å². The van der Waals surface area contributed by atoms with E-state index >= 15 is 0 Å². The number of rotatable bonds is 4. The summed E-state index contributed by atoms with van der Waals surface area (Å²) in [4.78, 5) is 23.9. The summed E-state index contributed by atoms with van der Waals surface area (Å²) in [6.45, 7) is 2.34. The molecule has 86 valence electrons. The van der Waals surface area contributed by atoms with E-state index in [0.717, 1.165) is 6.42 Å². The number of hydrogen-bond donors (Lipinski definition) is 1. The van der Waals surface area contributed by atoms with Crippen LogP contribution < -0.4 is 0 Å². The Labute approximate surface area is 89.0 Å². The Kier molecular flexibility index (Phi) is 4.08. The number of likely N-dealkylation sites (N-methyl/N-ethyl adjacent to an activating group) is 1. The van der Waals surface area contributed by atoms with Crippen molar-refractivity contribution in [3.63, 3.8) is 0 Å². The van der Waals surface area contributed by atoms with E-state index in [0.29, 0.717) is 19.4 Å². The van der Waals surface area contributed by atoms with Crippen LogP contribution in [0.2, 0.25) is 0 Å². The molecule has 1 saturated heterocycles. The van der Waals surface area contributed by atoms with Gasteiger partial charge in [0.15, 0.2) is 0 Å². The van der Waals surface area contributed by atoms with E-state index in [1.165, 1.54) is 11.9 Å². The molecule has 0 aromatic carbocycles.